The molecule has 1 atom stereocenters. The fraction of sp³-hybridized carbons (Fsp3) is 0.158. The van der Waals surface area contributed by atoms with Crippen molar-refractivity contribution >= 4 is 17.4 Å². The van der Waals surface area contributed by atoms with Crippen LogP contribution in [0.3, 0.4) is 0 Å². The molecule has 2 aromatic carbocycles. The van der Waals surface area contributed by atoms with Gasteiger partial charge in [0.2, 0.25) is 0 Å². The second-order valence-electron chi connectivity index (χ2n) is 5.64. The minimum atomic E-state index is -0.718. The zero-order chi connectivity index (χ0) is 17.3. The lowest BCUT2D eigenvalue weighted by Gasteiger charge is -2.14. The lowest BCUT2D eigenvalue weighted by Crippen LogP contribution is -2.21. The number of aliphatic hydroxyl groups excluding tert-OH is 1. The first-order chi connectivity index (χ1) is 11.5. The van der Waals surface area contributed by atoms with Gasteiger partial charge in [-0.3, -0.25) is 9.59 Å². The largest absolute Gasteiger partial charge is 0.507 e. The molecule has 0 aliphatic carbocycles. The molecule has 0 radical (unpaired) electrons. The fourth-order valence-corrected chi connectivity index (χ4v) is 2.68. The molecule has 2 N–H and O–H groups in total. The van der Waals surface area contributed by atoms with E-state index in [0.717, 1.165) is 5.56 Å². The number of carbonyl (C=O) groups is 2. The van der Waals surface area contributed by atoms with Gasteiger partial charge in [0, 0.05) is 5.56 Å². The van der Waals surface area contributed by atoms with Crippen LogP contribution >= 0.6 is 0 Å². The Morgan fingerprint density at radius 2 is 1.67 bits per heavy atom. The number of nitrogens with one attached hydrogen (secondary N) is 1. The molecule has 1 heterocycles. The maximum atomic E-state index is 12.2. The summed E-state index contributed by atoms with van der Waals surface area (Å²) in [6, 6.07) is 13.4. The Labute approximate surface area is 139 Å². The Balaban J connectivity index is 2.07. The van der Waals surface area contributed by atoms with E-state index in [9.17, 15) is 14.7 Å². The first-order valence-corrected chi connectivity index (χ1v) is 7.50. The molecule has 1 aliphatic rings. The summed E-state index contributed by atoms with van der Waals surface area (Å²) in [5.74, 6) is -0.944. The summed E-state index contributed by atoms with van der Waals surface area (Å²) in [6.07, 6.45) is 0. The third-order valence-corrected chi connectivity index (χ3v) is 4.04. The minimum Gasteiger partial charge on any atom is -0.507 e. The van der Waals surface area contributed by atoms with Crippen LogP contribution in [0, 0.1) is 6.92 Å². The quantitative estimate of drug-likeness (QED) is 0.517. The van der Waals surface area contributed by atoms with Crippen molar-refractivity contribution in [2.75, 3.05) is 7.11 Å². The number of hydrogen-bond donors (Lipinski definition) is 2. The Bertz CT molecular complexity index is 819. The van der Waals surface area contributed by atoms with E-state index >= 15 is 0 Å². The molecule has 0 spiro atoms. The monoisotopic (exact) mass is 323 g/mol. The van der Waals surface area contributed by atoms with Crippen molar-refractivity contribution < 1.29 is 19.4 Å². The fourth-order valence-electron chi connectivity index (χ4n) is 2.68. The minimum absolute atomic E-state index is 0.0639. The molecule has 0 saturated carbocycles. The average molecular weight is 323 g/mol. The average Bonchev–Trinajstić information content (AvgIpc) is 2.90. The summed E-state index contributed by atoms with van der Waals surface area (Å²) >= 11 is 0. The Kier molecular flexibility index (Phi) is 4.08. The number of methoxy groups -OCH3 is 1. The van der Waals surface area contributed by atoms with Crippen molar-refractivity contribution in [3.8, 4) is 5.75 Å². The van der Waals surface area contributed by atoms with Crippen LogP contribution in [-0.2, 0) is 9.59 Å². The number of ether oxygens (including phenoxy) is 1. The predicted octanol–water partition coefficient (Wildman–Crippen LogP) is 2.71. The van der Waals surface area contributed by atoms with E-state index in [0.29, 0.717) is 16.9 Å². The van der Waals surface area contributed by atoms with Crippen LogP contribution in [0.1, 0.15) is 22.7 Å². The zero-order valence-corrected chi connectivity index (χ0v) is 13.4. The molecule has 1 fully saturated rings. The van der Waals surface area contributed by atoms with Crippen molar-refractivity contribution in [3.63, 3.8) is 0 Å². The van der Waals surface area contributed by atoms with Crippen molar-refractivity contribution in [2.24, 2.45) is 0 Å². The molecule has 1 saturated heterocycles. The van der Waals surface area contributed by atoms with Gasteiger partial charge in [-0.2, -0.15) is 0 Å². The van der Waals surface area contributed by atoms with Crippen LogP contribution < -0.4 is 10.1 Å². The molecule has 122 valence electrons. The normalized spacial score (nSPS) is 19.2. The van der Waals surface area contributed by atoms with Gasteiger partial charge in [-0.05, 0) is 24.6 Å². The van der Waals surface area contributed by atoms with Gasteiger partial charge in [0.1, 0.15) is 11.5 Å². The number of hydrogen-bond acceptors (Lipinski definition) is 4. The number of aryl methyl sites for hydroxylation is 1. The number of carbonyl (C=O) groups excluding carboxylic acids is 2. The summed E-state index contributed by atoms with van der Waals surface area (Å²) in [5, 5.41) is 13.2. The maximum Gasteiger partial charge on any atom is 0.293 e. The smallest absolute Gasteiger partial charge is 0.293 e. The number of benzene rings is 2. The summed E-state index contributed by atoms with van der Waals surface area (Å²) in [4.78, 5) is 24.1. The summed E-state index contributed by atoms with van der Waals surface area (Å²) in [7, 11) is 1.56. The third kappa shape index (κ3) is 2.76. The highest BCUT2D eigenvalue weighted by atomic mass is 16.5. The molecule has 5 heteroatoms. The van der Waals surface area contributed by atoms with Crippen LogP contribution in [0.4, 0.5) is 0 Å². The second-order valence-corrected chi connectivity index (χ2v) is 5.64. The highest BCUT2D eigenvalue weighted by Crippen LogP contribution is 2.33. The standard InChI is InChI=1S/C19H17NO4/c1-11-3-5-13(6-4-11)17(21)15-16(20-19(23)18(15)22)12-7-9-14(24-2)10-8-12/h3-10,16,21H,1-2H3,(H,20,23)/b17-15+/t16-/m0/s1. The Morgan fingerprint density at radius 1 is 1.04 bits per heavy atom. The topological polar surface area (TPSA) is 75.6 Å². The Morgan fingerprint density at radius 3 is 2.25 bits per heavy atom. The van der Waals surface area contributed by atoms with Crippen molar-refractivity contribution in [3.05, 3.63) is 70.8 Å². The lowest BCUT2D eigenvalue weighted by molar-refractivity contribution is -0.133. The van der Waals surface area contributed by atoms with Crippen molar-refractivity contribution in [1.29, 1.82) is 0 Å². The van der Waals surface area contributed by atoms with Crippen LogP contribution in [0.5, 0.6) is 5.75 Å². The lowest BCUT2D eigenvalue weighted by atomic mass is 9.95. The van der Waals surface area contributed by atoms with E-state index in [1.807, 2.05) is 19.1 Å². The van der Waals surface area contributed by atoms with E-state index in [1.54, 1.807) is 43.5 Å². The van der Waals surface area contributed by atoms with Gasteiger partial charge in [-0.25, -0.2) is 0 Å². The first-order valence-electron chi connectivity index (χ1n) is 7.50. The van der Waals surface area contributed by atoms with Crippen LogP contribution in [-0.4, -0.2) is 23.9 Å². The predicted molar refractivity (Wildman–Crippen MR) is 89.6 cm³/mol. The molecular formula is C19H17NO4. The van der Waals surface area contributed by atoms with E-state index in [1.165, 1.54) is 0 Å². The molecule has 24 heavy (non-hydrogen) atoms. The van der Waals surface area contributed by atoms with Crippen molar-refractivity contribution in [2.45, 2.75) is 13.0 Å². The van der Waals surface area contributed by atoms with Gasteiger partial charge in [-0.15, -0.1) is 0 Å². The summed E-state index contributed by atoms with van der Waals surface area (Å²) < 4.78 is 5.11. The molecule has 5 nitrogen and oxygen atoms in total. The van der Waals surface area contributed by atoms with Gasteiger partial charge in [-0.1, -0.05) is 42.0 Å². The van der Waals surface area contributed by atoms with Crippen LogP contribution in [0.2, 0.25) is 0 Å². The van der Waals surface area contributed by atoms with Gasteiger partial charge in [0.25, 0.3) is 11.7 Å². The number of Topliss-reactive ketones (excluding diaryl/α,β-unsaturated/α-hetero) is 1. The van der Waals surface area contributed by atoms with Crippen LogP contribution in [0.15, 0.2) is 54.1 Å². The summed E-state index contributed by atoms with van der Waals surface area (Å²) in [5.41, 5.74) is 2.30. The zero-order valence-electron chi connectivity index (χ0n) is 13.4. The molecule has 0 aromatic heterocycles. The molecular weight excluding hydrogens is 306 g/mol. The van der Waals surface area contributed by atoms with Gasteiger partial charge >= 0.3 is 0 Å². The maximum absolute atomic E-state index is 12.2. The van der Waals surface area contributed by atoms with E-state index in [4.69, 9.17) is 4.74 Å². The highest BCUT2D eigenvalue weighted by molar-refractivity contribution is 6.46. The van der Waals surface area contributed by atoms with Gasteiger partial charge in [0.15, 0.2) is 0 Å². The highest BCUT2D eigenvalue weighted by Gasteiger charge is 2.39. The number of rotatable bonds is 3. The number of amides is 1. The second kappa shape index (κ2) is 6.20. The van der Waals surface area contributed by atoms with E-state index < -0.39 is 17.7 Å². The number of aliphatic hydroxyl groups is 1. The number of ketones is 1. The molecule has 0 unspecified atom stereocenters. The molecule has 1 amide bonds. The molecule has 2 aromatic rings. The molecule has 1 aliphatic heterocycles. The van der Waals surface area contributed by atoms with Gasteiger partial charge in [0.05, 0.1) is 18.7 Å². The van der Waals surface area contributed by atoms with Crippen LogP contribution in [0.25, 0.3) is 5.76 Å². The SMILES string of the molecule is COc1ccc([C@@H]2NC(=O)C(=O)/C2=C(/O)c2ccc(C)cc2)cc1. The van der Waals surface area contributed by atoms with E-state index in [-0.39, 0.29) is 11.3 Å². The third-order valence-electron chi connectivity index (χ3n) is 4.04. The summed E-state index contributed by atoms with van der Waals surface area (Å²) in [6.45, 7) is 1.93. The molecule has 0 bridgehead atoms. The Hall–Kier alpha value is -3.08. The molecule has 3 rings (SSSR count). The van der Waals surface area contributed by atoms with Gasteiger partial charge < -0.3 is 15.2 Å². The van der Waals surface area contributed by atoms with Crippen molar-refractivity contribution in [1.82, 2.24) is 5.32 Å². The van der Waals surface area contributed by atoms with E-state index in [2.05, 4.69) is 5.32 Å². The first kappa shape index (κ1) is 15.8.